The molecule has 0 aromatic carbocycles. The van der Waals surface area contributed by atoms with Gasteiger partial charge in [0, 0.05) is 37.8 Å². The minimum absolute atomic E-state index is 0.00122. The van der Waals surface area contributed by atoms with E-state index >= 15 is 0 Å². The first kappa shape index (κ1) is 19.1. The Labute approximate surface area is 156 Å². The number of amides is 1. The van der Waals surface area contributed by atoms with Gasteiger partial charge >= 0.3 is 0 Å². The molecule has 1 atom stereocenters. The summed E-state index contributed by atoms with van der Waals surface area (Å²) in [6.07, 6.45) is 9.23. The van der Waals surface area contributed by atoms with Gasteiger partial charge in [0.15, 0.2) is 0 Å². The summed E-state index contributed by atoms with van der Waals surface area (Å²) in [5.41, 5.74) is 1.20. The van der Waals surface area contributed by atoms with E-state index < -0.39 is 0 Å². The molecule has 6 nitrogen and oxygen atoms in total. The SMILES string of the molecule is CCCC1(CO)CCCN(C(=O)c2cnc(N3CCCCC3)nc2C)C1. The van der Waals surface area contributed by atoms with Crippen molar-refractivity contribution in [2.45, 2.75) is 58.8 Å². The number of nitrogens with zero attached hydrogens (tertiary/aromatic N) is 4. The molecule has 144 valence electrons. The number of carbonyl (C=O) groups excluding carboxylic acids is 1. The summed E-state index contributed by atoms with van der Waals surface area (Å²) < 4.78 is 0. The van der Waals surface area contributed by atoms with Gasteiger partial charge in [0.05, 0.1) is 17.9 Å². The summed E-state index contributed by atoms with van der Waals surface area (Å²) >= 11 is 0. The second-order valence-corrected chi connectivity index (χ2v) is 7.96. The highest BCUT2D eigenvalue weighted by Crippen LogP contribution is 2.34. The Bertz CT molecular complexity index is 626. The summed E-state index contributed by atoms with van der Waals surface area (Å²) in [6.45, 7) is 7.55. The van der Waals surface area contributed by atoms with E-state index in [4.69, 9.17) is 0 Å². The number of aromatic nitrogens is 2. The van der Waals surface area contributed by atoms with Crippen molar-refractivity contribution in [2.24, 2.45) is 5.41 Å². The van der Waals surface area contributed by atoms with Gasteiger partial charge in [-0.25, -0.2) is 9.97 Å². The fraction of sp³-hybridized carbons (Fsp3) is 0.750. The van der Waals surface area contributed by atoms with Crippen LogP contribution in [0.15, 0.2) is 6.20 Å². The van der Waals surface area contributed by atoms with Crippen LogP contribution in [0.25, 0.3) is 0 Å². The molecule has 0 radical (unpaired) electrons. The number of hydrogen-bond acceptors (Lipinski definition) is 5. The summed E-state index contributed by atoms with van der Waals surface area (Å²) in [7, 11) is 0. The molecule has 0 bridgehead atoms. The fourth-order valence-corrected chi connectivity index (χ4v) is 4.41. The molecule has 0 saturated carbocycles. The first-order chi connectivity index (χ1) is 12.6. The summed E-state index contributed by atoms with van der Waals surface area (Å²) in [6, 6.07) is 0. The Morgan fingerprint density at radius 2 is 2.00 bits per heavy atom. The number of carbonyl (C=O) groups is 1. The van der Waals surface area contributed by atoms with Crippen molar-refractivity contribution in [1.82, 2.24) is 14.9 Å². The lowest BCUT2D eigenvalue weighted by Crippen LogP contribution is -2.48. The zero-order valence-corrected chi connectivity index (χ0v) is 16.2. The second-order valence-electron chi connectivity index (χ2n) is 7.96. The Kier molecular flexibility index (Phi) is 6.12. The predicted molar refractivity (Wildman–Crippen MR) is 102 cm³/mol. The Hall–Kier alpha value is -1.69. The normalized spacial score (nSPS) is 24.0. The molecule has 1 aromatic rings. The molecule has 0 aliphatic carbocycles. The number of anilines is 1. The molecule has 2 saturated heterocycles. The average Bonchev–Trinajstić information content (AvgIpc) is 2.68. The van der Waals surface area contributed by atoms with Gasteiger partial charge in [-0.15, -0.1) is 0 Å². The summed E-state index contributed by atoms with van der Waals surface area (Å²) in [4.78, 5) is 26.3. The largest absolute Gasteiger partial charge is 0.396 e. The maximum atomic E-state index is 13.1. The number of rotatable bonds is 5. The summed E-state index contributed by atoms with van der Waals surface area (Å²) in [5.74, 6) is 0.745. The Balaban J connectivity index is 1.74. The van der Waals surface area contributed by atoms with Crippen LogP contribution in [0.1, 0.15) is 67.9 Å². The van der Waals surface area contributed by atoms with Gasteiger partial charge < -0.3 is 14.9 Å². The maximum absolute atomic E-state index is 13.1. The van der Waals surface area contributed by atoms with Gasteiger partial charge in [-0.2, -0.15) is 0 Å². The minimum Gasteiger partial charge on any atom is -0.396 e. The average molecular weight is 361 g/mol. The minimum atomic E-state index is -0.148. The third-order valence-corrected chi connectivity index (χ3v) is 5.90. The van der Waals surface area contributed by atoms with Crippen molar-refractivity contribution in [3.05, 3.63) is 17.5 Å². The van der Waals surface area contributed by atoms with Gasteiger partial charge in [-0.05, 0) is 45.4 Å². The third-order valence-electron chi connectivity index (χ3n) is 5.90. The van der Waals surface area contributed by atoms with E-state index in [1.807, 2.05) is 11.8 Å². The van der Waals surface area contributed by atoms with Crippen LogP contribution in [0.4, 0.5) is 5.95 Å². The lowest BCUT2D eigenvalue weighted by atomic mass is 9.77. The fourth-order valence-electron chi connectivity index (χ4n) is 4.41. The molecule has 3 heterocycles. The molecule has 1 amide bonds. The number of piperidine rings is 2. The Morgan fingerprint density at radius 1 is 1.23 bits per heavy atom. The van der Waals surface area contributed by atoms with E-state index in [0.717, 1.165) is 57.0 Å². The first-order valence-electron chi connectivity index (χ1n) is 10.1. The van der Waals surface area contributed by atoms with Crippen LogP contribution in [0, 0.1) is 12.3 Å². The van der Waals surface area contributed by atoms with Crippen LogP contribution in [0.2, 0.25) is 0 Å². The van der Waals surface area contributed by atoms with Crippen LogP contribution in [0.3, 0.4) is 0 Å². The molecule has 1 unspecified atom stereocenters. The smallest absolute Gasteiger partial charge is 0.257 e. The lowest BCUT2D eigenvalue weighted by molar-refractivity contribution is 0.0221. The number of aryl methyl sites for hydroxylation is 1. The molecule has 2 aliphatic heterocycles. The van der Waals surface area contributed by atoms with E-state index in [1.165, 1.54) is 19.3 Å². The highest BCUT2D eigenvalue weighted by atomic mass is 16.3. The van der Waals surface area contributed by atoms with Gasteiger partial charge in [0.2, 0.25) is 5.95 Å². The van der Waals surface area contributed by atoms with Crippen LogP contribution >= 0.6 is 0 Å². The van der Waals surface area contributed by atoms with Gasteiger partial charge in [0.1, 0.15) is 0 Å². The molecule has 2 fully saturated rings. The Morgan fingerprint density at radius 3 is 2.65 bits per heavy atom. The second kappa shape index (κ2) is 8.33. The molecule has 3 rings (SSSR count). The zero-order valence-electron chi connectivity index (χ0n) is 16.2. The van der Waals surface area contributed by atoms with Crippen LogP contribution in [-0.2, 0) is 0 Å². The van der Waals surface area contributed by atoms with Crippen molar-refractivity contribution in [3.8, 4) is 0 Å². The van der Waals surface area contributed by atoms with Gasteiger partial charge in [-0.1, -0.05) is 13.3 Å². The molecule has 1 N–H and O–H groups in total. The number of hydrogen-bond donors (Lipinski definition) is 1. The monoisotopic (exact) mass is 360 g/mol. The molecule has 1 aromatic heterocycles. The highest BCUT2D eigenvalue weighted by Gasteiger charge is 2.36. The quantitative estimate of drug-likeness (QED) is 0.874. The molecule has 0 spiro atoms. The topological polar surface area (TPSA) is 69.6 Å². The van der Waals surface area contributed by atoms with Crippen molar-refractivity contribution >= 4 is 11.9 Å². The van der Waals surface area contributed by atoms with E-state index in [9.17, 15) is 9.90 Å². The zero-order chi connectivity index (χ0) is 18.6. The van der Waals surface area contributed by atoms with E-state index in [0.29, 0.717) is 12.1 Å². The maximum Gasteiger partial charge on any atom is 0.257 e. The van der Waals surface area contributed by atoms with E-state index in [-0.39, 0.29) is 17.9 Å². The molecule has 26 heavy (non-hydrogen) atoms. The molecule has 6 heteroatoms. The lowest BCUT2D eigenvalue weighted by Gasteiger charge is -2.42. The van der Waals surface area contributed by atoms with Gasteiger partial charge in [-0.3, -0.25) is 4.79 Å². The van der Waals surface area contributed by atoms with Crippen molar-refractivity contribution in [3.63, 3.8) is 0 Å². The molecule has 2 aliphatic rings. The van der Waals surface area contributed by atoms with E-state index in [1.54, 1.807) is 6.20 Å². The highest BCUT2D eigenvalue weighted by molar-refractivity contribution is 5.95. The van der Waals surface area contributed by atoms with Crippen LogP contribution in [0.5, 0.6) is 0 Å². The number of likely N-dealkylation sites (tertiary alicyclic amines) is 1. The number of aliphatic hydroxyl groups excluding tert-OH is 1. The third kappa shape index (κ3) is 4.00. The molecular formula is C20H32N4O2. The van der Waals surface area contributed by atoms with Crippen molar-refractivity contribution in [2.75, 3.05) is 37.7 Å². The van der Waals surface area contributed by atoms with Crippen LogP contribution in [-0.4, -0.2) is 58.7 Å². The predicted octanol–water partition coefficient (Wildman–Crippen LogP) is 2.79. The first-order valence-corrected chi connectivity index (χ1v) is 10.1. The summed E-state index contributed by atoms with van der Waals surface area (Å²) in [5, 5.41) is 9.91. The van der Waals surface area contributed by atoms with Crippen molar-refractivity contribution in [1.29, 1.82) is 0 Å². The van der Waals surface area contributed by atoms with Crippen LogP contribution < -0.4 is 4.90 Å². The number of aliphatic hydroxyl groups is 1. The molecular weight excluding hydrogens is 328 g/mol. The van der Waals surface area contributed by atoms with Crippen molar-refractivity contribution < 1.29 is 9.90 Å². The van der Waals surface area contributed by atoms with Gasteiger partial charge in [0.25, 0.3) is 5.91 Å². The van der Waals surface area contributed by atoms with E-state index in [2.05, 4.69) is 21.8 Å². The standard InChI is InChI=1S/C20H32N4O2/c1-3-8-20(15-25)9-7-12-24(14-20)18(26)17-13-21-19(22-16(17)2)23-10-5-4-6-11-23/h13,25H,3-12,14-15H2,1-2H3.